The average molecular weight is 292 g/mol. The number of nitrogens with zero attached hydrogens (tertiary/aromatic N) is 1. The van der Waals surface area contributed by atoms with Gasteiger partial charge in [0, 0.05) is 31.7 Å². The molecule has 0 amide bonds. The van der Waals surface area contributed by atoms with E-state index >= 15 is 0 Å². The molecule has 2 heterocycles. The minimum absolute atomic E-state index is 0.232. The lowest BCUT2D eigenvalue weighted by atomic mass is 9.85. The van der Waals surface area contributed by atoms with Crippen LogP contribution in [0.1, 0.15) is 64.2 Å². The summed E-state index contributed by atoms with van der Waals surface area (Å²) in [5.74, 6) is 0.988. The van der Waals surface area contributed by atoms with E-state index in [1.807, 2.05) is 0 Å². The van der Waals surface area contributed by atoms with E-state index in [-0.39, 0.29) is 5.60 Å². The highest BCUT2D eigenvalue weighted by Gasteiger charge is 2.43. The number of ether oxygens (including phenoxy) is 1. The fourth-order valence-corrected chi connectivity index (χ4v) is 4.76. The summed E-state index contributed by atoms with van der Waals surface area (Å²) in [6.07, 6.45) is 13.9. The van der Waals surface area contributed by atoms with Gasteiger partial charge >= 0.3 is 0 Å². The smallest absolute Gasteiger partial charge is 0.0723 e. The first-order valence-electron chi connectivity index (χ1n) is 9.44. The quantitative estimate of drug-likeness (QED) is 0.862. The van der Waals surface area contributed by atoms with E-state index < -0.39 is 0 Å². The molecule has 1 N–H and O–H groups in total. The van der Waals surface area contributed by atoms with Crippen molar-refractivity contribution in [1.82, 2.24) is 10.2 Å². The van der Waals surface area contributed by atoms with Crippen molar-refractivity contribution in [2.24, 2.45) is 5.92 Å². The molecule has 0 aromatic carbocycles. The highest BCUT2D eigenvalue weighted by atomic mass is 16.5. The molecule has 4 fully saturated rings. The van der Waals surface area contributed by atoms with Crippen LogP contribution in [0.2, 0.25) is 0 Å². The van der Waals surface area contributed by atoms with Crippen LogP contribution < -0.4 is 5.32 Å². The Hall–Kier alpha value is -0.120. The van der Waals surface area contributed by atoms with E-state index in [9.17, 15) is 0 Å². The lowest BCUT2D eigenvalue weighted by Crippen LogP contribution is -2.46. The van der Waals surface area contributed by atoms with Crippen molar-refractivity contribution in [3.8, 4) is 0 Å². The van der Waals surface area contributed by atoms with E-state index in [2.05, 4.69) is 10.2 Å². The van der Waals surface area contributed by atoms with Crippen LogP contribution >= 0.6 is 0 Å². The molecule has 1 unspecified atom stereocenters. The second-order valence-electron chi connectivity index (χ2n) is 8.14. The molecule has 3 nitrogen and oxygen atoms in total. The zero-order chi connectivity index (χ0) is 14.1. The maximum absolute atomic E-state index is 6.27. The van der Waals surface area contributed by atoms with E-state index in [1.165, 1.54) is 83.8 Å². The second-order valence-corrected chi connectivity index (χ2v) is 8.14. The molecular formula is C18H32N2O. The highest BCUT2D eigenvalue weighted by molar-refractivity contribution is 4.98. The van der Waals surface area contributed by atoms with Gasteiger partial charge in [-0.15, -0.1) is 0 Å². The molecule has 120 valence electrons. The zero-order valence-corrected chi connectivity index (χ0v) is 13.5. The zero-order valence-electron chi connectivity index (χ0n) is 13.5. The summed E-state index contributed by atoms with van der Waals surface area (Å²) in [6, 6.07) is 1.46. The van der Waals surface area contributed by atoms with Gasteiger partial charge < -0.3 is 15.0 Å². The van der Waals surface area contributed by atoms with Crippen LogP contribution in [0.15, 0.2) is 0 Å². The van der Waals surface area contributed by atoms with Crippen LogP contribution in [0.5, 0.6) is 0 Å². The first-order chi connectivity index (χ1) is 10.3. The minimum atomic E-state index is 0.232. The predicted octanol–water partition coefficient (Wildman–Crippen LogP) is 2.94. The number of nitrogens with one attached hydrogen (secondary N) is 1. The molecule has 2 aliphatic heterocycles. The predicted molar refractivity (Wildman–Crippen MR) is 85.5 cm³/mol. The maximum atomic E-state index is 6.27. The van der Waals surface area contributed by atoms with E-state index in [0.717, 1.165) is 18.6 Å². The fourth-order valence-electron chi connectivity index (χ4n) is 4.76. The Bertz CT molecular complexity index is 341. The topological polar surface area (TPSA) is 24.5 Å². The molecule has 2 saturated carbocycles. The van der Waals surface area contributed by atoms with Gasteiger partial charge in [-0.1, -0.05) is 19.3 Å². The molecule has 0 radical (unpaired) electrons. The van der Waals surface area contributed by atoms with Gasteiger partial charge in [0.25, 0.3) is 0 Å². The van der Waals surface area contributed by atoms with E-state index in [0.29, 0.717) is 6.04 Å². The number of hydrogen-bond acceptors (Lipinski definition) is 3. The molecule has 0 aromatic rings. The lowest BCUT2D eigenvalue weighted by Gasteiger charge is -2.40. The molecule has 2 aliphatic carbocycles. The standard InChI is InChI=1S/C18H32N2O/c1-2-4-15(5-3-1)13-20-10-8-18(9-11-20)12-17(14-21-18)19-16-6-7-16/h15-17,19H,1-14H2. The Balaban J connectivity index is 1.22. The largest absolute Gasteiger partial charge is 0.373 e. The first-order valence-corrected chi connectivity index (χ1v) is 9.44. The van der Waals surface area contributed by atoms with Crippen LogP contribution in [0.25, 0.3) is 0 Å². The summed E-state index contributed by atoms with van der Waals surface area (Å²) in [7, 11) is 0. The van der Waals surface area contributed by atoms with E-state index in [4.69, 9.17) is 4.74 Å². The van der Waals surface area contributed by atoms with Gasteiger partial charge in [0.15, 0.2) is 0 Å². The first kappa shape index (κ1) is 14.5. The number of piperidine rings is 1. The number of hydrogen-bond donors (Lipinski definition) is 1. The summed E-state index contributed by atoms with van der Waals surface area (Å²) in [5, 5.41) is 3.76. The Labute approximate surface area is 129 Å². The van der Waals surface area contributed by atoms with Gasteiger partial charge in [0.2, 0.25) is 0 Å². The Morgan fingerprint density at radius 1 is 0.952 bits per heavy atom. The van der Waals surface area contributed by atoms with Crippen LogP contribution in [0, 0.1) is 5.92 Å². The Kier molecular flexibility index (Phi) is 4.25. The summed E-state index contributed by atoms with van der Waals surface area (Å²) in [6.45, 7) is 4.86. The summed E-state index contributed by atoms with van der Waals surface area (Å²) in [5.41, 5.74) is 0.232. The average Bonchev–Trinajstić information content (AvgIpc) is 3.24. The Morgan fingerprint density at radius 2 is 1.71 bits per heavy atom. The number of likely N-dealkylation sites (tertiary alicyclic amines) is 1. The molecule has 21 heavy (non-hydrogen) atoms. The van der Waals surface area contributed by atoms with Crippen LogP contribution in [0.3, 0.4) is 0 Å². The van der Waals surface area contributed by atoms with Crippen LogP contribution in [-0.2, 0) is 4.74 Å². The Morgan fingerprint density at radius 3 is 2.43 bits per heavy atom. The molecular weight excluding hydrogens is 260 g/mol. The SMILES string of the molecule is C1CCC(CN2CCC3(CC2)CC(NC2CC2)CO3)CC1. The minimum Gasteiger partial charge on any atom is -0.373 e. The van der Waals surface area contributed by atoms with Crippen LogP contribution in [0.4, 0.5) is 0 Å². The van der Waals surface area contributed by atoms with Gasteiger partial charge in [-0.2, -0.15) is 0 Å². The monoisotopic (exact) mass is 292 g/mol. The van der Waals surface area contributed by atoms with Crippen molar-refractivity contribution < 1.29 is 4.74 Å². The summed E-state index contributed by atoms with van der Waals surface area (Å²) < 4.78 is 6.27. The normalized spacial score (nSPS) is 34.6. The van der Waals surface area contributed by atoms with Gasteiger partial charge in [0.05, 0.1) is 12.2 Å². The van der Waals surface area contributed by atoms with E-state index in [1.54, 1.807) is 0 Å². The van der Waals surface area contributed by atoms with Crippen molar-refractivity contribution in [2.45, 2.75) is 81.9 Å². The molecule has 0 aromatic heterocycles. The van der Waals surface area contributed by atoms with Crippen molar-refractivity contribution in [1.29, 1.82) is 0 Å². The third-order valence-corrected chi connectivity index (χ3v) is 6.27. The summed E-state index contributed by atoms with van der Waals surface area (Å²) >= 11 is 0. The third kappa shape index (κ3) is 3.62. The van der Waals surface area contributed by atoms with Gasteiger partial charge in [-0.05, 0) is 50.9 Å². The summed E-state index contributed by atoms with van der Waals surface area (Å²) in [4.78, 5) is 2.73. The van der Waals surface area contributed by atoms with Crippen molar-refractivity contribution in [2.75, 3.05) is 26.2 Å². The van der Waals surface area contributed by atoms with Gasteiger partial charge in [-0.25, -0.2) is 0 Å². The third-order valence-electron chi connectivity index (χ3n) is 6.27. The fraction of sp³-hybridized carbons (Fsp3) is 1.00. The maximum Gasteiger partial charge on any atom is 0.0723 e. The molecule has 3 heteroatoms. The van der Waals surface area contributed by atoms with Crippen molar-refractivity contribution in [3.05, 3.63) is 0 Å². The molecule has 4 rings (SSSR count). The molecule has 0 bridgehead atoms. The molecule has 2 saturated heterocycles. The van der Waals surface area contributed by atoms with Crippen LogP contribution in [-0.4, -0.2) is 48.8 Å². The second kappa shape index (κ2) is 6.17. The number of rotatable bonds is 4. The van der Waals surface area contributed by atoms with Crippen molar-refractivity contribution >= 4 is 0 Å². The molecule has 1 spiro atoms. The highest BCUT2D eigenvalue weighted by Crippen LogP contribution is 2.37. The molecule has 4 aliphatic rings. The lowest BCUT2D eigenvalue weighted by molar-refractivity contribution is -0.0463. The van der Waals surface area contributed by atoms with Gasteiger partial charge in [0.1, 0.15) is 0 Å². The van der Waals surface area contributed by atoms with Crippen molar-refractivity contribution in [3.63, 3.8) is 0 Å². The molecule has 1 atom stereocenters. The van der Waals surface area contributed by atoms with Gasteiger partial charge in [-0.3, -0.25) is 0 Å².